The molecule has 0 amide bonds. The first-order valence-corrected chi connectivity index (χ1v) is 12.8. The van der Waals surface area contributed by atoms with E-state index in [0.717, 1.165) is 18.2 Å². The minimum absolute atomic E-state index is 0.0294. The van der Waals surface area contributed by atoms with E-state index in [4.69, 9.17) is 27.9 Å². The van der Waals surface area contributed by atoms with Crippen LogP contribution in [0.15, 0.2) is 36.4 Å². The Balaban J connectivity index is 2.36. The summed E-state index contributed by atoms with van der Waals surface area (Å²) < 4.78 is 61.7. The average molecular weight is 573 g/mol. The second-order valence-corrected chi connectivity index (χ2v) is 12.7. The minimum atomic E-state index is -4.71. The Morgan fingerprint density at radius 3 is 2.18 bits per heavy atom. The molecule has 0 bridgehead atoms. The monoisotopic (exact) mass is 572 g/mol. The van der Waals surface area contributed by atoms with Gasteiger partial charge in [-0.05, 0) is 62.4 Å². The van der Waals surface area contributed by atoms with Crippen LogP contribution in [0.1, 0.15) is 70.6 Å². The number of benzene rings is 2. The number of ether oxygens (including phenoxy) is 1. The molecule has 206 valence electrons. The lowest BCUT2D eigenvalue weighted by Gasteiger charge is -2.37. The van der Waals surface area contributed by atoms with Gasteiger partial charge in [0.15, 0.2) is 0 Å². The summed E-state index contributed by atoms with van der Waals surface area (Å²) in [6.45, 7) is 10.8. The van der Waals surface area contributed by atoms with Gasteiger partial charge < -0.3 is 4.74 Å². The lowest BCUT2D eigenvalue weighted by molar-refractivity contribution is -0.157. The van der Waals surface area contributed by atoms with Crippen molar-refractivity contribution in [3.05, 3.63) is 69.0 Å². The quantitative estimate of drug-likeness (QED) is 0.299. The largest absolute Gasteiger partial charge is 0.459 e. The van der Waals surface area contributed by atoms with Crippen LogP contribution in [0.2, 0.25) is 10.0 Å². The molecule has 3 rings (SSSR count). The maximum atomic E-state index is 15.6. The molecular weight excluding hydrogens is 543 g/mol. The molecule has 10 heteroatoms. The van der Waals surface area contributed by atoms with Gasteiger partial charge in [0.1, 0.15) is 22.9 Å². The number of hydrogen-bond acceptors (Lipinski definition) is 4. The van der Waals surface area contributed by atoms with E-state index < -0.39 is 57.6 Å². The van der Waals surface area contributed by atoms with E-state index in [0.29, 0.717) is 6.42 Å². The lowest BCUT2D eigenvalue weighted by atomic mass is 9.63. The smallest absolute Gasteiger partial charge is 0.417 e. The van der Waals surface area contributed by atoms with Crippen LogP contribution in [-0.4, -0.2) is 23.7 Å². The molecule has 1 aliphatic heterocycles. The number of hydrogen-bond donors (Lipinski definition) is 1. The van der Waals surface area contributed by atoms with Crippen molar-refractivity contribution in [1.29, 1.82) is 5.26 Å². The fourth-order valence-corrected chi connectivity index (χ4v) is 5.58. The Hall–Kier alpha value is -2.34. The molecule has 38 heavy (non-hydrogen) atoms. The molecule has 1 fully saturated rings. The third-order valence-electron chi connectivity index (χ3n) is 6.45. The third kappa shape index (κ3) is 6.11. The second-order valence-electron chi connectivity index (χ2n) is 11.8. The summed E-state index contributed by atoms with van der Waals surface area (Å²) in [7, 11) is 0. The first-order chi connectivity index (χ1) is 17.3. The standard InChI is InChI=1S/C28H30Cl2F4N2O2/c1-25(2,3)13-21-27(14-35,18-10-8-16(29)12-20(18)31)22(23(36-21)24(37)38-26(4,5)6)15-7-9-17(19(30)11-15)28(32,33)34/h7-12,21-23,36H,13H2,1-6H3/t21-,22-,23+,27-/m0/s1. The van der Waals surface area contributed by atoms with Gasteiger partial charge in [0.05, 0.1) is 16.7 Å². The Morgan fingerprint density at radius 2 is 1.71 bits per heavy atom. The van der Waals surface area contributed by atoms with Crippen molar-refractivity contribution in [2.75, 3.05) is 0 Å². The van der Waals surface area contributed by atoms with E-state index in [-0.39, 0.29) is 21.6 Å². The molecule has 0 aliphatic carbocycles. The number of rotatable bonds is 4. The summed E-state index contributed by atoms with van der Waals surface area (Å²) >= 11 is 12.1. The molecule has 1 saturated heterocycles. The third-order valence-corrected chi connectivity index (χ3v) is 7.00. The van der Waals surface area contributed by atoms with Crippen molar-refractivity contribution in [3.8, 4) is 6.07 Å². The number of halogens is 6. The molecule has 0 spiro atoms. The predicted molar refractivity (Wildman–Crippen MR) is 139 cm³/mol. The SMILES string of the molecule is CC(C)(C)C[C@@H]1N[C@@H](C(=O)OC(C)(C)C)[C@H](c2ccc(C(F)(F)F)c(Cl)c2)[C@@]1(C#N)c1ccc(Cl)cc1F. The van der Waals surface area contributed by atoms with Crippen LogP contribution in [-0.2, 0) is 21.1 Å². The summed E-state index contributed by atoms with van der Waals surface area (Å²) in [5.74, 6) is -2.64. The molecule has 2 aromatic rings. The average Bonchev–Trinajstić information content (AvgIpc) is 3.04. The van der Waals surface area contributed by atoms with Crippen LogP contribution in [0.3, 0.4) is 0 Å². The van der Waals surface area contributed by atoms with Gasteiger partial charge in [0.2, 0.25) is 0 Å². The highest BCUT2D eigenvalue weighted by molar-refractivity contribution is 6.31. The van der Waals surface area contributed by atoms with Crippen molar-refractivity contribution >= 4 is 29.2 Å². The van der Waals surface area contributed by atoms with Crippen LogP contribution in [0.25, 0.3) is 0 Å². The Morgan fingerprint density at radius 1 is 1.08 bits per heavy atom. The number of nitriles is 1. The van der Waals surface area contributed by atoms with E-state index in [9.17, 15) is 23.2 Å². The van der Waals surface area contributed by atoms with E-state index in [1.807, 2.05) is 20.8 Å². The van der Waals surface area contributed by atoms with Crippen LogP contribution >= 0.6 is 23.2 Å². The number of carbonyl (C=O) groups excluding carboxylic acids is 1. The summed E-state index contributed by atoms with van der Waals surface area (Å²) in [5, 5.41) is 13.5. The van der Waals surface area contributed by atoms with Crippen LogP contribution in [0.5, 0.6) is 0 Å². The maximum absolute atomic E-state index is 15.6. The summed E-state index contributed by atoms with van der Waals surface area (Å²) in [4.78, 5) is 13.5. The molecule has 0 aromatic heterocycles. The molecule has 0 saturated carbocycles. The summed E-state index contributed by atoms with van der Waals surface area (Å²) in [6, 6.07) is 7.26. The van der Waals surface area contributed by atoms with E-state index in [1.54, 1.807) is 20.8 Å². The number of nitrogens with one attached hydrogen (secondary N) is 1. The number of nitrogens with zero attached hydrogens (tertiary/aromatic N) is 1. The zero-order valence-corrected chi connectivity index (χ0v) is 23.4. The molecule has 1 N–H and O–H groups in total. The van der Waals surface area contributed by atoms with E-state index >= 15 is 4.39 Å². The zero-order valence-electron chi connectivity index (χ0n) is 21.9. The van der Waals surface area contributed by atoms with Gasteiger partial charge in [-0.3, -0.25) is 10.1 Å². The first-order valence-electron chi connectivity index (χ1n) is 12.0. The van der Waals surface area contributed by atoms with E-state index in [1.165, 1.54) is 18.2 Å². The lowest BCUT2D eigenvalue weighted by Crippen LogP contribution is -2.44. The molecule has 1 aliphatic rings. The van der Waals surface area contributed by atoms with Crippen molar-refractivity contribution in [2.45, 2.75) is 83.2 Å². The van der Waals surface area contributed by atoms with Crippen molar-refractivity contribution in [1.82, 2.24) is 5.32 Å². The van der Waals surface area contributed by atoms with Gasteiger partial charge in [-0.25, -0.2) is 4.39 Å². The molecule has 0 unspecified atom stereocenters. The van der Waals surface area contributed by atoms with Gasteiger partial charge >= 0.3 is 12.1 Å². The van der Waals surface area contributed by atoms with Crippen molar-refractivity contribution in [3.63, 3.8) is 0 Å². The molecule has 0 radical (unpaired) electrons. The first kappa shape index (κ1) is 30.2. The highest BCUT2D eigenvalue weighted by Crippen LogP contribution is 2.53. The number of esters is 1. The topological polar surface area (TPSA) is 62.1 Å². The van der Waals surface area contributed by atoms with Crippen molar-refractivity contribution < 1.29 is 27.1 Å². The second kappa shape index (κ2) is 10.3. The Bertz CT molecular complexity index is 1260. The molecule has 1 heterocycles. The summed E-state index contributed by atoms with van der Waals surface area (Å²) in [5.41, 5.74) is -3.93. The summed E-state index contributed by atoms with van der Waals surface area (Å²) in [6.07, 6.45) is -4.38. The number of alkyl halides is 3. The fourth-order valence-electron chi connectivity index (χ4n) is 5.12. The molecule has 4 atom stereocenters. The van der Waals surface area contributed by atoms with Gasteiger partial charge in [0, 0.05) is 22.5 Å². The van der Waals surface area contributed by atoms with Gasteiger partial charge in [-0.1, -0.05) is 56.1 Å². The van der Waals surface area contributed by atoms with Crippen LogP contribution in [0.4, 0.5) is 17.6 Å². The molecular formula is C28H30Cl2F4N2O2. The Labute approximate surface area is 230 Å². The van der Waals surface area contributed by atoms with Gasteiger partial charge in [-0.15, -0.1) is 0 Å². The zero-order chi connectivity index (χ0) is 28.8. The highest BCUT2D eigenvalue weighted by Gasteiger charge is 2.61. The van der Waals surface area contributed by atoms with E-state index in [2.05, 4.69) is 11.4 Å². The molecule has 2 aromatic carbocycles. The highest BCUT2D eigenvalue weighted by atomic mass is 35.5. The minimum Gasteiger partial charge on any atom is -0.459 e. The Kier molecular flexibility index (Phi) is 8.21. The van der Waals surface area contributed by atoms with Gasteiger partial charge in [0.25, 0.3) is 0 Å². The van der Waals surface area contributed by atoms with Gasteiger partial charge in [-0.2, -0.15) is 18.4 Å². The van der Waals surface area contributed by atoms with Crippen molar-refractivity contribution in [2.24, 2.45) is 5.41 Å². The maximum Gasteiger partial charge on any atom is 0.417 e. The van der Waals surface area contributed by atoms with Crippen LogP contribution < -0.4 is 5.32 Å². The number of carbonyl (C=O) groups is 1. The normalized spacial score (nSPS) is 24.2. The fraction of sp³-hybridized carbons (Fsp3) is 0.500. The van der Waals surface area contributed by atoms with Crippen LogP contribution in [0, 0.1) is 22.6 Å². The molecule has 4 nitrogen and oxygen atoms in total. The predicted octanol–water partition coefficient (Wildman–Crippen LogP) is 7.81.